The van der Waals surface area contributed by atoms with Crippen molar-refractivity contribution in [3.05, 3.63) is 33.3 Å². The minimum Gasteiger partial charge on any atom is -0.369 e. The van der Waals surface area contributed by atoms with Crippen molar-refractivity contribution in [3.63, 3.8) is 0 Å². The molecule has 0 saturated carbocycles. The van der Waals surface area contributed by atoms with Crippen molar-refractivity contribution in [2.75, 3.05) is 6.54 Å². The summed E-state index contributed by atoms with van der Waals surface area (Å²) in [7, 11) is 0. The van der Waals surface area contributed by atoms with E-state index in [-0.39, 0.29) is 5.91 Å². The topological polar surface area (TPSA) is 55.1 Å². The van der Waals surface area contributed by atoms with Crippen molar-refractivity contribution in [1.29, 1.82) is 0 Å². The molecule has 1 aromatic carbocycles. The van der Waals surface area contributed by atoms with E-state index in [1.165, 1.54) is 0 Å². The number of nitrogens with one attached hydrogen (secondary N) is 1. The first-order chi connectivity index (χ1) is 7.83. The molecule has 1 rings (SSSR count). The molecule has 0 aliphatic heterocycles. The van der Waals surface area contributed by atoms with Crippen LogP contribution >= 0.6 is 27.5 Å². The number of primary amides is 1. The summed E-state index contributed by atoms with van der Waals surface area (Å²) in [6.07, 6.45) is 0. The van der Waals surface area contributed by atoms with E-state index in [1.807, 2.05) is 32.0 Å². The van der Waals surface area contributed by atoms with E-state index in [0.717, 1.165) is 10.0 Å². The van der Waals surface area contributed by atoms with E-state index in [1.54, 1.807) is 0 Å². The first-order valence-corrected chi connectivity index (χ1v) is 6.44. The Morgan fingerprint density at radius 3 is 2.76 bits per heavy atom. The Morgan fingerprint density at radius 2 is 2.18 bits per heavy atom. The van der Waals surface area contributed by atoms with Crippen LogP contribution in [0.3, 0.4) is 0 Å². The predicted octanol–water partition coefficient (Wildman–Crippen LogP) is 2.70. The normalized spacial score (nSPS) is 11.5. The molecule has 0 unspecified atom stereocenters. The average Bonchev–Trinajstić information content (AvgIpc) is 2.22. The van der Waals surface area contributed by atoms with Crippen molar-refractivity contribution >= 4 is 33.4 Å². The number of carbonyl (C=O) groups excluding carboxylic acids is 1. The minimum atomic E-state index is -0.551. The molecule has 0 fully saturated rings. The van der Waals surface area contributed by atoms with Crippen LogP contribution in [0.15, 0.2) is 22.7 Å². The molecule has 0 aromatic heterocycles. The molecule has 0 aliphatic carbocycles. The standard InChI is InChI=1S/C12H16BrClN2O/c1-12(2,11(15)17)7-16-6-8-5-9(14)3-4-10(8)13/h3-5,16H,6-7H2,1-2H3,(H2,15,17). The maximum Gasteiger partial charge on any atom is 0.224 e. The van der Waals surface area contributed by atoms with Crippen LogP contribution in [-0.2, 0) is 11.3 Å². The lowest BCUT2D eigenvalue weighted by atomic mass is 9.93. The molecule has 0 radical (unpaired) electrons. The number of hydrogen-bond acceptors (Lipinski definition) is 2. The van der Waals surface area contributed by atoms with Crippen LogP contribution in [0.5, 0.6) is 0 Å². The fourth-order valence-corrected chi connectivity index (χ4v) is 1.86. The second kappa shape index (κ2) is 5.85. The van der Waals surface area contributed by atoms with Gasteiger partial charge in [0.15, 0.2) is 0 Å². The highest BCUT2D eigenvalue weighted by atomic mass is 79.9. The van der Waals surface area contributed by atoms with Crippen molar-refractivity contribution < 1.29 is 4.79 Å². The van der Waals surface area contributed by atoms with Gasteiger partial charge >= 0.3 is 0 Å². The molecule has 0 heterocycles. The summed E-state index contributed by atoms with van der Waals surface area (Å²) >= 11 is 9.36. The first-order valence-electron chi connectivity index (χ1n) is 5.27. The number of carbonyl (C=O) groups is 1. The summed E-state index contributed by atoms with van der Waals surface area (Å²) in [5.74, 6) is -0.310. The molecular weight excluding hydrogens is 304 g/mol. The number of benzene rings is 1. The van der Waals surface area contributed by atoms with E-state index in [0.29, 0.717) is 18.1 Å². The summed E-state index contributed by atoms with van der Waals surface area (Å²) in [4.78, 5) is 11.1. The number of amides is 1. The maximum atomic E-state index is 11.1. The summed E-state index contributed by atoms with van der Waals surface area (Å²) in [6, 6.07) is 5.61. The summed E-state index contributed by atoms with van der Waals surface area (Å²) in [5.41, 5.74) is 5.80. The quantitative estimate of drug-likeness (QED) is 0.877. The average molecular weight is 320 g/mol. The molecule has 1 amide bonds. The van der Waals surface area contributed by atoms with E-state index in [2.05, 4.69) is 21.2 Å². The van der Waals surface area contributed by atoms with Crippen LogP contribution in [0.1, 0.15) is 19.4 Å². The van der Waals surface area contributed by atoms with Crippen LogP contribution < -0.4 is 11.1 Å². The summed E-state index contributed by atoms with van der Waals surface area (Å²) < 4.78 is 0.992. The van der Waals surface area contributed by atoms with Gasteiger partial charge in [0.1, 0.15) is 0 Å². The molecule has 3 N–H and O–H groups in total. The second-order valence-electron chi connectivity index (χ2n) is 4.59. The summed E-state index contributed by atoms with van der Waals surface area (Å²) in [5, 5.41) is 3.90. The third kappa shape index (κ3) is 4.30. The van der Waals surface area contributed by atoms with E-state index < -0.39 is 5.41 Å². The Kier molecular flexibility index (Phi) is 4.98. The highest BCUT2D eigenvalue weighted by molar-refractivity contribution is 9.10. The SMILES string of the molecule is CC(C)(CNCc1cc(Cl)ccc1Br)C(N)=O. The van der Waals surface area contributed by atoms with E-state index >= 15 is 0 Å². The minimum absolute atomic E-state index is 0.310. The Balaban J connectivity index is 2.57. The monoisotopic (exact) mass is 318 g/mol. The van der Waals surface area contributed by atoms with Crippen LogP contribution in [0.4, 0.5) is 0 Å². The molecule has 1 aromatic rings. The van der Waals surface area contributed by atoms with E-state index in [9.17, 15) is 4.79 Å². The molecular formula is C12H16BrClN2O. The molecule has 94 valence electrons. The predicted molar refractivity (Wildman–Crippen MR) is 73.8 cm³/mol. The molecule has 0 atom stereocenters. The van der Waals surface area contributed by atoms with Crippen molar-refractivity contribution in [1.82, 2.24) is 5.32 Å². The lowest BCUT2D eigenvalue weighted by Gasteiger charge is -2.21. The van der Waals surface area contributed by atoms with Gasteiger partial charge in [0.2, 0.25) is 5.91 Å². The number of halogens is 2. The second-order valence-corrected chi connectivity index (χ2v) is 5.88. The van der Waals surface area contributed by atoms with Gasteiger partial charge in [-0.1, -0.05) is 27.5 Å². The smallest absolute Gasteiger partial charge is 0.224 e. The van der Waals surface area contributed by atoms with Gasteiger partial charge < -0.3 is 11.1 Å². The van der Waals surface area contributed by atoms with Crippen LogP contribution in [0.25, 0.3) is 0 Å². The number of hydrogen-bond donors (Lipinski definition) is 2. The lowest BCUT2D eigenvalue weighted by Crippen LogP contribution is -2.40. The Bertz CT molecular complexity index is 421. The van der Waals surface area contributed by atoms with Gasteiger partial charge in [-0.15, -0.1) is 0 Å². The highest BCUT2D eigenvalue weighted by Gasteiger charge is 2.24. The van der Waals surface area contributed by atoms with E-state index in [4.69, 9.17) is 17.3 Å². The van der Waals surface area contributed by atoms with Gasteiger partial charge in [-0.3, -0.25) is 4.79 Å². The fraction of sp³-hybridized carbons (Fsp3) is 0.417. The molecule has 3 nitrogen and oxygen atoms in total. The zero-order chi connectivity index (χ0) is 13.1. The Hall–Kier alpha value is -0.580. The van der Waals surface area contributed by atoms with Gasteiger partial charge in [-0.2, -0.15) is 0 Å². The van der Waals surface area contributed by atoms with Gasteiger partial charge in [-0.05, 0) is 37.6 Å². The van der Waals surface area contributed by atoms with Crippen LogP contribution in [0, 0.1) is 5.41 Å². The third-order valence-corrected chi connectivity index (χ3v) is 3.57. The zero-order valence-corrected chi connectivity index (χ0v) is 12.2. The molecule has 0 aliphatic rings. The van der Waals surface area contributed by atoms with Crippen molar-refractivity contribution in [2.24, 2.45) is 11.1 Å². The third-order valence-electron chi connectivity index (χ3n) is 2.56. The molecule has 0 saturated heterocycles. The Morgan fingerprint density at radius 1 is 1.53 bits per heavy atom. The molecule has 17 heavy (non-hydrogen) atoms. The van der Waals surface area contributed by atoms with Crippen molar-refractivity contribution in [3.8, 4) is 0 Å². The van der Waals surface area contributed by atoms with Crippen LogP contribution in [-0.4, -0.2) is 12.5 Å². The molecule has 0 bridgehead atoms. The van der Waals surface area contributed by atoms with Gasteiger partial charge in [0.25, 0.3) is 0 Å². The number of nitrogens with two attached hydrogens (primary N) is 1. The molecule has 5 heteroatoms. The van der Waals surface area contributed by atoms with Gasteiger partial charge in [-0.25, -0.2) is 0 Å². The summed E-state index contributed by atoms with van der Waals surface area (Å²) in [6.45, 7) is 4.80. The number of rotatable bonds is 5. The first kappa shape index (κ1) is 14.5. The Labute approximate surface area is 115 Å². The largest absolute Gasteiger partial charge is 0.369 e. The van der Waals surface area contributed by atoms with Gasteiger partial charge in [0, 0.05) is 22.6 Å². The van der Waals surface area contributed by atoms with Gasteiger partial charge in [0.05, 0.1) is 5.41 Å². The highest BCUT2D eigenvalue weighted by Crippen LogP contribution is 2.21. The fourth-order valence-electron chi connectivity index (χ4n) is 1.28. The molecule has 0 spiro atoms. The zero-order valence-electron chi connectivity index (χ0n) is 9.89. The van der Waals surface area contributed by atoms with Crippen molar-refractivity contribution in [2.45, 2.75) is 20.4 Å². The lowest BCUT2D eigenvalue weighted by molar-refractivity contribution is -0.125. The van der Waals surface area contributed by atoms with Crippen LogP contribution in [0.2, 0.25) is 5.02 Å². The maximum absolute atomic E-state index is 11.1.